The quantitative estimate of drug-likeness (QED) is 0.545. The van der Waals surface area contributed by atoms with Crippen LogP contribution in [0.2, 0.25) is 0 Å². The maximum atomic E-state index is 12.5. The Bertz CT molecular complexity index is 751. The van der Waals surface area contributed by atoms with Gasteiger partial charge in [-0.25, -0.2) is 0 Å². The first-order valence-electron chi connectivity index (χ1n) is 7.18. The second-order valence-corrected chi connectivity index (χ2v) is 5.00. The molecule has 0 atom stereocenters. The SMILES string of the molecule is C/C(=C\c1ccc(OC(F)F)c(OC(F)F)c1)Nc1ccccc1N. The molecule has 4 nitrogen and oxygen atoms in total. The van der Waals surface area contributed by atoms with Gasteiger partial charge in [0.2, 0.25) is 0 Å². The van der Waals surface area contributed by atoms with Gasteiger partial charge in [0.05, 0.1) is 11.4 Å². The molecule has 0 fully saturated rings. The number of para-hydroxylation sites is 2. The fourth-order valence-corrected chi connectivity index (χ4v) is 2.11. The van der Waals surface area contributed by atoms with E-state index >= 15 is 0 Å². The molecule has 0 saturated carbocycles. The minimum Gasteiger partial charge on any atom is -0.431 e. The number of halogens is 4. The number of allylic oxidation sites excluding steroid dienone is 1. The molecule has 2 aromatic carbocycles. The van der Waals surface area contributed by atoms with Crippen molar-refractivity contribution in [3.63, 3.8) is 0 Å². The van der Waals surface area contributed by atoms with Crippen LogP contribution in [0.4, 0.5) is 28.9 Å². The summed E-state index contributed by atoms with van der Waals surface area (Å²) in [5.74, 6) is -0.943. The van der Waals surface area contributed by atoms with Crippen LogP contribution in [0.3, 0.4) is 0 Å². The van der Waals surface area contributed by atoms with Crippen molar-refractivity contribution in [1.82, 2.24) is 0 Å². The second-order valence-electron chi connectivity index (χ2n) is 5.00. The van der Waals surface area contributed by atoms with Crippen LogP contribution in [0, 0.1) is 0 Å². The first kappa shape index (κ1) is 18.4. The van der Waals surface area contributed by atoms with Crippen LogP contribution < -0.4 is 20.5 Å². The monoisotopic (exact) mass is 356 g/mol. The van der Waals surface area contributed by atoms with E-state index in [2.05, 4.69) is 14.8 Å². The van der Waals surface area contributed by atoms with Gasteiger partial charge in [-0.15, -0.1) is 0 Å². The lowest BCUT2D eigenvalue weighted by molar-refractivity contribution is -0.0692. The lowest BCUT2D eigenvalue weighted by Crippen LogP contribution is -2.07. The van der Waals surface area contributed by atoms with Gasteiger partial charge in [-0.2, -0.15) is 17.6 Å². The average molecular weight is 356 g/mol. The Balaban J connectivity index is 2.24. The third-order valence-electron chi connectivity index (χ3n) is 3.08. The summed E-state index contributed by atoms with van der Waals surface area (Å²) in [6, 6.07) is 10.9. The van der Waals surface area contributed by atoms with Crippen molar-refractivity contribution in [3.05, 3.63) is 53.7 Å². The molecule has 0 spiro atoms. The summed E-state index contributed by atoms with van der Waals surface area (Å²) in [5.41, 5.74) is 8.16. The fourth-order valence-electron chi connectivity index (χ4n) is 2.11. The topological polar surface area (TPSA) is 56.5 Å². The molecule has 0 amide bonds. The van der Waals surface area contributed by atoms with Crippen molar-refractivity contribution in [3.8, 4) is 11.5 Å². The molecule has 0 saturated heterocycles. The standard InChI is InChI=1S/C17H16F4N2O2/c1-10(23-13-5-3-2-4-12(13)22)8-11-6-7-14(24-16(18)19)15(9-11)25-17(20)21/h2-9,16-17,23H,22H2,1H3/b10-8+. The number of nitrogen functional groups attached to an aromatic ring is 1. The molecule has 0 unspecified atom stereocenters. The average Bonchev–Trinajstić information content (AvgIpc) is 2.51. The molecule has 8 heteroatoms. The number of anilines is 2. The van der Waals surface area contributed by atoms with Crippen molar-refractivity contribution in [2.45, 2.75) is 20.1 Å². The number of hydrogen-bond donors (Lipinski definition) is 2. The minimum atomic E-state index is -3.16. The maximum Gasteiger partial charge on any atom is 0.387 e. The molecule has 0 bridgehead atoms. The number of hydrogen-bond acceptors (Lipinski definition) is 4. The summed E-state index contributed by atoms with van der Waals surface area (Å²) in [6.07, 6.45) is 1.62. The summed E-state index contributed by atoms with van der Waals surface area (Å²) in [6.45, 7) is -4.57. The van der Waals surface area contributed by atoms with Crippen LogP contribution in [0.5, 0.6) is 11.5 Å². The molecule has 25 heavy (non-hydrogen) atoms. The van der Waals surface area contributed by atoms with Crippen molar-refractivity contribution in [2.24, 2.45) is 0 Å². The van der Waals surface area contributed by atoms with Crippen molar-refractivity contribution in [2.75, 3.05) is 11.1 Å². The Morgan fingerprint density at radius 2 is 1.64 bits per heavy atom. The van der Waals surface area contributed by atoms with E-state index in [1.54, 1.807) is 37.3 Å². The maximum absolute atomic E-state index is 12.5. The highest BCUT2D eigenvalue weighted by Crippen LogP contribution is 2.32. The molecular weight excluding hydrogens is 340 g/mol. The molecule has 0 aromatic heterocycles. The molecule has 2 aromatic rings. The summed E-state index contributed by atoms with van der Waals surface area (Å²) >= 11 is 0. The lowest BCUT2D eigenvalue weighted by atomic mass is 10.1. The molecule has 134 valence electrons. The van der Waals surface area contributed by atoms with Crippen LogP contribution in [0.1, 0.15) is 12.5 Å². The highest BCUT2D eigenvalue weighted by atomic mass is 19.3. The van der Waals surface area contributed by atoms with E-state index in [9.17, 15) is 17.6 Å². The van der Waals surface area contributed by atoms with E-state index in [1.165, 1.54) is 12.1 Å². The predicted molar refractivity (Wildman–Crippen MR) is 87.8 cm³/mol. The predicted octanol–water partition coefficient (Wildman–Crippen LogP) is 4.94. The van der Waals surface area contributed by atoms with Gasteiger partial charge in [0.25, 0.3) is 0 Å². The normalized spacial score (nSPS) is 11.7. The van der Waals surface area contributed by atoms with E-state index in [4.69, 9.17) is 5.73 Å². The summed E-state index contributed by atoms with van der Waals surface area (Å²) in [4.78, 5) is 0. The minimum absolute atomic E-state index is 0.455. The van der Waals surface area contributed by atoms with Crippen molar-refractivity contribution < 1.29 is 27.0 Å². The molecule has 2 rings (SSSR count). The van der Waals surface area contributed by atoms with E-state index in [0.717, 1.165) is 6.07 Å². The Morgan fingerprint density at radius 3 is 2.28 bits per heavy atom. The molecule has 3 N–H and O–H groups in total. The van der Waals surface area contributed by atoms with E-state index in [1.807, 2.05) is 0 Å². The Kier molecular flexibility index (Phi) is 6.10. The zero-order chi connectivity index (χ0) is 18.4. The zero-order valence-electron chi connectivity index (χ0n) is 13.2. The number of ether oxygens (including phenoxy) is 2. The second kappa shape index (κ2) is 8.27. The first-order chi connectivity index (χ1) is 11.8. The van der Waals surface area contributed by atoms with Crippen molar-refractivity contribution >= 4 is 17.5 Å². The molecule has 0 aliphatic heterocycles. The van der Waals surface area contributed by atoms with Gasteiger partial charge in [0.1, 0.15) is 0 Å². The summed E-state index contributed by atoms with van der Waals surface area (Å²) in [7, 11) is 0. The van der Waals surface area contributed by atoms with Crippen LogP contribution in [0.15, 0.2) is 48.2 Å². The van der Waals surface area contributed by atoms with Gasteiger partial charge >= 0.3 is 13.2 Å². The van der Waals surface area contributed by atoms with Crippen molar-refractivity contribution in [1.29, 1.82) is 0 Å². The number of alkyl halides is 4. The third-order valence-corrected chi connectivity index (χ3v) is 3.08. The van der Waals surface area contributed by atoms with E-state index in [0.29, 0.717) is 22.6 Å². The summed E-state index contributed by atoms with van der Waals surface area (Å²) < 4.78 is 58.0. The fraction of sp³-hybridized carbons (Fsp3) is 0.176. The van der Waals surface area contributed by atoms with Gasteiger partial charge in [0, 0.05) is 5.70 Å². The van der Waals surface area contributed by atoms with Crippen LogP contribution in [-0.4, -0.2) is 13.2 Å². The smallest absolute Gasteiger partial charge is 0.387 e. The van der Waals surface area contributed by atoms with Gasteiger partial charge in [-0.05, 0) is 42.8 Å². The largest absolute Gasteiger partial charge is 0.431 e. The summed E-state index contributed by atoms with van der Waals surface area (Å²) in [5, 5.41) is 3.06. The Hall–Kier alpha value is -2.90. The van der Waals surface area contributed by atoms with Gasteiger partial charge in [-0.1, -0.05) is 18.2 Å². The third kappa shape index (κ3) is 5.59. The van der Waals surface area contributed by atoms with Gasteiger partial charge in [-0.3, -0.25) is 0 Å². The number of rotatable bonds is 7. The lowest BCUT2D eigenvalue weighted by Gasteiger charge is -2.13. The number of benzene rings is 2. The number of nitrogens with two attached hydrogens (primary N) is 1. The van der Waals surface area contributed by atoms with Crippen LogP contribution >= 0.6 is 0 Å². The van der Waals surface area contributed by atoms with Gasteiger partial charge in [0.15, 0.2) is 11.5 Å². The van der Waals surface area contributed by atoms with E-state index < -0.39 is 24.7 Å². The molecule has 0 aliphatic rings. The van der Waals surface area contributed by atoms with Gasteiger partial charge < -0.3 is 20.5 Å². The first-order valence-corrected chi connectivity index (χ1v) is 7.18. The van der Waals surface area contributed by atoms with E-state index in [-0.39, 0.29) is 0 Å². The van der Waals surface area contributed by atoms with Crippen LogP contribution in [-0.2, 0) is 0 Å². The highest BCUT2D eigenvalue weighted by Gasteiger charge is 2.15. The highest BCUT2D eigenvalue weighted by molar-refractivity contribution is 5.70. The molecular formula is C17H16F4N2O2. The van der Waals surface area contributed by atoms with Crippen LogP contribution in [0.25, 0.3) is 6.08 Å². The Morgan fingerprint density at radius 1 is 1.00 bits per heavy atom. The zero-order valence-corrected chi connectivity index (χ0v) is 13.2. The number of nitrogens with one attached hydrogen (secondary N) is 1. The molecule has 0 heterocycles. The molecule has 0 aliphatic carbocycles. The Labute approximate surface area is 141 Å². The molecule has 0 radical (unpaired) electrons.